The minimum atomic E-state index is -3.74. The van der Waals surface area contributed by atoms with Crippen LogP contribution in [0.2, 0.25) is 0 Å². The van der Waals surface area contributed by atoms with Gasteiger partial charge in [-0.15, -0.1) is 0 Å². The number of hydrogen-bond donors (Lipinski definition) is 1. The van der Waals surface area contributed by atoms with E-state index in [1.807, 2.05) is 6.07 Å². The van der Waals surface area contributed by atoms with Gasteiger partial charge in [-0.05, 0) is 58.7 Å². The van der Waals surface area contributed by atoms with Crippen LogP contribution in [0.3, 0.4) is 0 Å². The lowest BCUT2D eigenvalue weighted by Gasteiger charge is -2.10. The van der Waals surface area contributed by atoms with Crippen molar-refractivity contribution in [1.82, 2.24) is 4.98 Å². The molecule has 0 fully saturated rings. The van der Waals surface area contributed by atoms with Crippen LogP contribution in [0.4, 0.5) is 5.82 Å². The molecular formula is C13H10BrN3O2S. The molecular weight excluding hydrogens is 342 g/mol. The summed E-state index contributed by atoms with van der Waals surface area (Å²) in [5, 5.41) is 8.80. The SMILES string of the molecule is Cc1cc(C#N)ccc1S(=O)(=O)Nc1ncccc1Br. The molecule has 102 valence electrons. The average Bonchev–Trinajstić information content (AvgIpc) is 2.40. The first-order chi connectivity index (χ1) is 9.44. The average molecular weight is 352 g/mol. The summed E-state index contributed by atoms with van der Waals surface area (Å²) >= 11 is 3.23. The van der Waals surface area contributed by atoms with Gasteiger partial charge < -0.3 is 0 Å². The van der Waals surface area contributed by atoms with Crippen molar-refractivity contribution in [2.75, 3.05) is 4.72 Å². The van der Waals surface area contributed by atoms with Crippen LogP contribution >= 0.6 is 15.9 Å². The van der Waals surface area contributed by atoms with Crippen LogP contribution in [-0.4, -0.2) is 13.4 Å². The van der Waals surface area contributed by atoms with Crippen molar-refractivity contribution < 1.29 is 8.42 Å². The highest BCUT2D eigenvalue weighted by atomic mass is 79.9. The molecule has 7 heteroatoms. The summed E-state index contributed by atoms with van der Waals surface area (Å²) < 4.78 is 27.6. The van der Waals surface area contributed by atoms with Gasteiger partial charge in [0.25, 0.3) is 10.0 Å². The molecule has 0 bridgehead atoms. The highest BCUT2D eigenvalue weighted by Gasteiger charge is 2.18. The molecule has 0 saturated heterocycles. The van der Waals surface area contributed by atoms with E-state index < -0.39 is 10.0 Å². The summed E-state index contributed by atoms with van der Waals surface area (Å²) in [6, 6.07) is 9.76. The number of nitrogens with zero attached hydrogens (tertiary/aromatic N) is 2. The summed E-state index contributed by atoms with van der Waals surface area (Å²) in [5.74, 6) is 0.219. The molecule has 0 radical (unpaired) electrons. The van der Waals surface area contributed by atoms with Crippen molar-refractivity contribution in [2.45, 2.75) is 11.8 Å². The third-order valence-corrected chi connectivity index (χ3v) is 4.72. The molecule has 0 unspecified atom stereocenters. The number of sulfonamides is 1. The molecule has 2 aromatic rings. The van der Waals surface area contributed by atoms with E-state index >= 15 is 0 Å². The van der Waals surface area contributed by atoms with Gasteiger partial charge in [0, 0.05) is 6.20 Å². The van der Waals surface area contributed by atoms with Crippen LogP contribution in [0.1, 0.15) is 11.1 Å². The fraction of sp³-hybridized carbons (Fsp3) is 0.0769. The number of hydrogen-bond acceptors (Lipinski definition) is 4. The van der Waals surface area contributed by atoms with E-state index in [-0.39, 0.29) is 10.7 Å². The summed E-state index contributed by atoms with van der Waals surface area (Å²) in [6.45, 7) is 1.64. The molecule has 0 spiro atoms. The predicted molar refractivity (Wildman–Crippen MR) is 78.6 cm³/mol. The summed E-state index contributed by atoms with van der Waals surface area (Å²) in [4.78, 5) is 4.08. The van der Waals surface area contributed by atoms with Crippen molar-refractivity contribution in [1.29, 1.82) is 5.26 Å². The Balaban J connectivity index is 2.42. The lowest BCUT2D eigenvalue weighted by atomic mass is 10.2. The number of aromatic nitrogens is 1. The fourth-order valence-electron chi connectivity index (χ4n) is 1.66. The minimum Gasteiger partial charge on any atom is -0.262 e. The Morgan fingerprint density at radius 1 is 1.35 bits per heavy atom. The number of nitriles is 1. The van der Waals surface area contributed by atoms with Crippen molar-refractivity contribution in [2.24, 2.45) is 0 Å². The van der Waals surface area contributed by atoms with E-state index in [9.17, 15) is 8.42 Å². The van der Waals surface area contributed by atoms with E-state index in [1.54, 1.807) is 19.1 Å². The number of anilines is 1. The van der Waals surface area contributed by atoms with Crippen LogP contribution in [0.25, 0.3) is 0 Å². The first kappa shape index (κ1) is 14.5. The second-order valence-corrected chi connectivity index (χ2v) is 6.54. The number of halogens is 1. The Morgan fingerprint density at radius 2 is 2.10 bits per heavy atom. The van der Waals surface area contributed by atoms with Crippen molar-refractivity contribution in [3.05, 3.63) is 52.1 Å². The lowest BCUT2D eigenvalue weighted by Crippen LogP contribution is -2.15. The smallest absolute Gasteiger partial charge is 0.262 e. The first-order valence-corrected chi connectivity index (χ1v) is 7.86. The standard InChI is InChI=1S/C13H10BrN3O2S/c1-9-7-10(8-15)4-5-12(9)20(18,19)17-13-11(14)3-2-6-16-13/h2-7H,1H3,(H,16,17). The van der Waals surface area contributed by atoms with Crippen LogP contribution in [0.5, 0.6) is 0 Å². The van der Waals surface area contributed by atoms with E-state index in [0.717, 1.165) is 0 Å². The Kier molecular flexibility index (Phi) is 4.06. The highest BCUT2D eigenvalue weighted by Crippen LogP contribution is 2.24. The topological polar surface area (TPSA) is 82.8 Å². The quantitative estimate of drug-likeness (QED) is 0.921. The van der Waals surface area contributed by atoms with Gasteiger partial charge in [-0.2, -0.15) is 5.26 Å². The molecule has 1 N–H and O–H groups in total. The predicted octanol–water partition coefficient (Wildman–Crippen LogP) is 2.83. The Hall–Kier alpha value is -1.91. The molecule has 0 saturated carbocycles. The molecule has 0 atom stereocenters. The molecule has 2 rings (SSSR count). The van der Waals surface area contributed by atoms with Crippen LogP contribution in [0.15, 0.2) is 45.9 Å². The largest absolute Gasteiger partial charge is 0.263 e. The zero-order valence-electron chi connectivity index (χ0n) is 10.5. The molecule has 0 amide bonds. The van der Waals surface area contributed by atoms with Crippen LogP contribution in [0, 0.1) is 18.3 Å². The molecule has 0 aliphatic heterocycles. The van der Waals surface area contributed by atoms with E-state index in [2.05, 4.69) is 25.6 Å². The summed E-state index contributed by atoms with van der Waals surface area (Å²) in [5.41, 5.74) is 0.920. The second-order valence-electron chi connectivity index (χ2n) is 4.03. The van der Waals surface area contributed by atoms with Gasteiger partial charge in [0.1, 0.15) is 0 Å². The maximum Gasteiger partial charge on any atom is 0.263 e. The monoisotopic (exact) mass is 351 g/mol. The minimum absolute atomic E-state index is 0.119. The third kappa shape index (κ3) is 2.98. The van der Waals surface area contributed by atoms with Crippen molar-refractivity contribution in [3.63, 3.8) is 0 Å². The van der Waals surface area contributed by atoms with Gasteiger partial charge in [0.2, 0.25) is 0 Å². The Labute approximate surface area is 125 Å². The molecule has 0 aliphatic carbocycles. The molecule has 1 aromatic heterocycles. The zero-order chi connectivity index (χ0) is 14.8. The molecule has 5 nitrogen and oxygen atoms in total. The van der Waals surface area contributed by atoms with Crippen LogP contribution in [-0.2, 0) is 10.0 Å². The zero-order valence-corrected chi connectivity index (χ0v) is 12.9. The van der Waals surface area contributed by atoms with Crippen molar-refractivity contribution in [3.8, 4) is 6.07 Å². The van der Waals surface area contributed by atoms with E-state index in [1.165, 1.54) is 24.4 Å². The Morgan fingerprint density at radius 3 is 2.70 bits per heavy atom. The van der Waals surface area contributed by atoms with Crippen molar-refractivity contribution >= 4 is 31.8 Å². The van der Waals surface area contributed by atoms with Gasteiger partial charge in [-0.3, -0.25) is 4.72 Å². The molecule has 20 heavy (non-hydrogen) atoms. The highest BCUT2D eigenvalue weighted by molar-refractivity contribution is 9.10. The number of benzene rings is 1. The number of pyridine rings is 1. The van der Waals surface area contributed by atoms with Gasteiger partial charge in [-0.25, -0.2) is 13.4 Å². The summed E-state index contributed by atoms with van der Waals surface area (Å²) in [6.07, 6.45) is 1.49. The van der Waals surface area contributed by atoms with Gasteiger partial charge in [0.15, 0.2) is 5.82 Å². The maximum atomic E-state index is 12.3. The van der Waals surface area contributed by atoms with Gasteiger partial charge in [-0.1, -0.05) is 0 Å². The second kappa shape index (κ2) is 5.61. The van der Waals surface area contributed by atoms with E-state index in [0.29, 0.717) is 15.6 Å². The number of aryl methyl sites for hydroxylation is 1. The first-order valence-electron chi connectivity index (χ1n) is 5.58. The molecule has 1 aromatic carbocycles. The fourth-order valence-corrected chi connectivity index (χ4v) is 3.41. The van der Waals surface area contributed by atoms with Gasteiger partial charge >= 0.3 is 0 Å². The molecule has 1 heterocycles. The van der Waals surface area contributed by atoms with Gasteiger partial charge in [0.05, 0.1) is 21.0 Å². The number of rotatable bonds is 3. The summed E-state index contributed by atoms with van der Waals surface area (Å²) in [7, 11) is -3.74. The maximum absolute atomic E-state index is 12.3. The van der Waals surface area contributed by atoms with Crippen LogP contribution < -0.4 is 4.72 Å². The normalized spacial score (nSPS) is 10.8. The third-order valence-electron chi connectivity index (χ3n) is 2.58. The number of nitrogens with one attached hydrogen (secondary N) is 1. The van der Waals surface area contributed by atoms with E-state index in [4.69, 9.17) is 5.26 Å². The molecule has 0 aliphatic rings. The lowest BCUT2D eigenvalue weighted by molar-refractivity contribution is 0.600. The Bertz CT molecular complexity index is 798.